The second kappa shape index (κ2) is 6.41. The van der Waals surface area contributed by atoms with Gasteiger partial charge in [-0.1, -0.05) is 13.8 Å². The molecule has 5 heteroatoms. The molecule has 1 aliphatic heterocycles. The molecule has 0 bridgehead atoms. The van der Waals surface area contributed by atoms with Crippen LogP contribution in [0.2, 0.25) is 0 Å². The molecular formula is C17H29N3O2. The summed E-state index contributed by atoms with van der Waals surface area (Å²) >= 11 is 0. The summed E-state index contributed by atoms with van der Waals surface area (Å²) in [5.74, 6) is 1.77. The number of oxazole rings is 1. The zero-order valence-electron chi connectivity index (χ0n) is 14.7. The highest BCUT2D eigenvalue weighted by atomic mass is 16.3. The molecule has 0 unspecified atom stereocenters. The molecule has 5 nitrogen and oxygen atoms in total. The highest BCUT2D eigenvalue weighted by Crippen LogP contribution is 2.26. The number of carbonyl (C=O) groups excluding carboxylic acids is 1. The minimum absolute atomic E-state index is 0.0807. The quantitative estimate of drug-likeness (QED) is 0.839. The number of carbonyl (C=O) groups is 1. The van der Waals surface area contributed by atoms with E-state index in [1.165, 1.54) is 0 Å². The maximum absolute atomic E-state index is 12.1. The molecular weight excluding hydrogens is 278 g/mol. The summed E-state index contributed by atoms with van der Waals surface area (Å²) < 4.78 is 5.48. The van der Waals surface area contributed by atoms with Crippen LogP contribution < -0.4 is 0 Å². The van der Waals surface area contributed by atoms with Crippen molar-refractivity contribution in [2.75, 3.05) is 20.1 Å². The van der Waals surface area contributed by atoms with Crippen molar-refractivity contribution in [2.45, 2.75) is 59.0 Å². The number of hydrogen-bond acceptors (Lipinski definition) is 4. The molecule has 0 radical (unpaired) electrons. The van der Waals surface area contributed by atoms with Gasteiger partial charge >= 0.3 is 0 Å². The van der Waals surface area contributed by atoms with Gasteiger partial charge < -0.3 is 14.2 Å². The van der Waals surface area contributed by atoms with Crippen molar-refractivity contribution in [2.24, 2.45) is 5.92 Å². The van der Waals surface area contributed by atoms with Crippen LogP contribution in [0.15, 0.2) is 10.7 Å². The summed E-state index contributed by atoms with van der Waals surface area (Å²) in [5.41, 5.74) is 0.881. The lowest BCUT2D eigenvalue weighted by molar-refractivity contribution is -0.131. The molecule has 1 fully saturated rings. The molecule has 0 saturated carbocycles. The summed E-state index contributed by atoms with van der Waals surface area (Å²) in [6, 6.07) is 0. The van der Waals surface area contributed by atoms with E-state index >= 15 is 0 Å². The van der Waals surface area contributed by atoms with Crippen molar-refractivity contribution in [1.29, 1.82) is 0 Å². The number of hydrogen-bond donors (Lipinski definition) is 0. The van der Waals surface area contributed by atoms with Gasteiger partial charge in [-0.3, -0.25) is 4.79 Å². The summed E-state index contributed by atoms with van der Waals surface area (Å²) in [5, 5.41) is 0. The van der Waals surface area contributed by atoms with E-state index in [1.54, 1.807) is 6.26 Å². The maximum atomic E-state index is 12.1. The van der Waals surface area contributed by atoms with Gasteiger partial charge in [-0.15, -0.1) is 0 Å². The first-order valence-electron chi connectivity index (χ1n) is 8.10. The molecule has 2 heterocycles. The second-order valence-electron chi connectivity index (χ2n) is 7.77. The lowest BCUT2D eigenvalue weighted by Gasteiger charge is -2.32. The van der Waals surface area contributed by atoms with Crippen LogP contribution in [0, 0.1) is 5.92 Å². The zero-order valence-corrected chi connectivity index (χ0v) is 14.7. The van der Waals surface area contributed by atoms with Crippen molar-refractivity contribution in [3.8, 4) is 0 Å². The van der Waals surface area contributed by atoms with Crippen molar-refractivity contribution in [3.05, 3.63) is 17.8 Å². The minimum atomic E-state index is -0.0807. The van der Waals surface area contributed by atoms with Crippen molar-refractivity contribution < 1.29 is 9.21 Å². The van der Waals surface area contributed by atoms with E-state index in [9.17, 15) is 4.79 Å². The first-order valence-corrected chi connectivity index (χ1v) is 8.10. The number of likely N-dealkylation sites (tertiary alicyclic amines) is 1. The van der Waals surface area contributed by atoms with Crippen LogP contribution in [-0.4, -0.2) is 46.4 Å². The maximum Gasteiger partial charge on any atom is 0.223 e. The van der Waals surface area contributed by atoms with E-state index in [4.69, 9.17) is 4.42 Å². The van der Waals surface area contributed by atoms with Gasteiger partial charge in [0.15, 0.2) is 5.89 Å². The van der Waals surface area contributed by atoms with E-state index in [-0.39, 0.29) is 11.4 Å². The number of rotatable bonds is 5. The Morgan fingerprint density at radius 1 is 1.45 bits per heavy atom. The smallest absolute Gasteiger partial charge is 0.223 e. The van der Waals surface area contributed by atoms with Gasteiger partial charge in [0, 0.05) is 37.5 Å². The fourth-order valence-electron chi connectivity index (χ4n) is 2.99. The Morgan fingerprint density at radius 3 is 2.64 bits per heavy atom. The summed E-state index contributed by atoms with van der Waals surface area (Å²) in [7, 11) is 2.08. The van der Waals surface area contributed by atoms with E-state index in [0.29, 0.717) is 18.3 Å². The van der Waals surface area contributed by atoms with Gasteiger partial charge in [0.2, 0.25) is 5.91 Å². The first-order chi connectivity index (χ1) is 10.2. The summed E-state index contributed by atoms with van der Waals surface area (Å²) in [6.07, 6.45) is 2.39. The van der Waals surface area contributed by atoms with Gasteiger partial charge in [-0.05, 0) is 33.7 Å². The fraction of sp³-hybridized carbons (Fsp3) is 0.765. The van der Waals surface area contributed by atoms with Gasteiger partial charge in [-0.25, -0.2) is 4.98 Å². The van der Waals surface area contributed by atoms with Crippen LogP contribution >= 0.6 is 0 Å². The summed E-state index contributed by atoms with van der Waals surface area (Å²) in [4.78, 5) is 20.9. The van der Waals surface area contributed by atoms with Crippen LogP contribution in [0.3, 0.4) is 0 Å². The van der Waals surface area contributed by atoms with Crippen LogP contribution in [0.25, 0.3) is 0 Å². The zero-order chi connectivity index (χ0) is 16.5. The molecule has 1 aromatic rings. The van der Waals surface area contributed by atoms with Gasteiger partial charge in [0.1, 0.15) is 6.26 Å². The molecule has 1 aliphatic rings. The van der Waals surface area contributed by atoms with Gasteiger partial charge in [0.25, 0.3) is 0 Å². The average molecular weight is 307 g/mol. The molecule has 1 amide bonds. The van der Waals surface area contributed by atoms with Gasteiger partial charge in [0.05, 0.1) is 5.69 Å². The number of amides is 1. The highest BCUT2D eigenvalue weighted by Gasteiger charge is 2.36. The Balaban J connectivity index is 1.87. The van der Waals surface area contributed by atoms with Gasteiger partial charge in [-0.2, -0.15) is 0 Å². The third kappa shape index (κ3) is 4.09. The summed E-state index contributed by atoms with van der Waals surface area (Å²) in [6.45, 7) is 13.0. The number of nitrogens with zero attached hydrogens (tertiary/aromatic N) is 3. The number of aromatic nitrogens is 1. The molecule has 1 aromatic heterocycles. The molecule has 0 aromatic carbocycles. The Kier molecular flexibility index (Phi) is 4.95. The van der Waals surface area contributed by atoms with Crippen molar-refractivity contribution in [3.63, 3.8) is 0 Å². The molecule has 0 spiro atoms. The molecule has 0 N–H and O–H groups in total. The van der Waals surface area contributed by atoms with Crippen LogP contribution in [-0.2, 0) is 11.3 Å². The lowest BCUT2D eigenvalue weighted by Crippen LogP contribution is -2.42. The molecule has 1 atom stereocenters. The van der Waals surface area contributed by atoms with E-state index in [0.717, 1.165) is 31.2 Å². The third-order valence-electron chi connectivity index (χ3n) is 4.08. The molecule has 2 rings (SSSR count). The predicted molar refractivity (Wildman–Crippen MR) is 86.5 cm³/mol. The monoisotopic (exact) mass is 307 g/mol. The predicted octanol–water partition coefficient (Wildman–Crippen LogP) is 2.88. The normalized spacial score (nSPS) is 19.7. The Labute approximate surface area is 133 Å². The molecule has 22 heavy (non-hydrogen) atoms. The van der Waals surface area contributed by atoms with Crippen molar-refractivity contribution >= 4 is 5.91 Å². The lowest BCUT2D eigenvalue weighted by atomic mass is 10.1. The molecule has 1 saturated heterocycles. The topological polar surface area (TPSA) is 49.6 Å². The average Bonchev–Trinajstić information content (AvgIpc) is 2.95. The highest BCUT2D eigenvalue weighted by molar-refractivity contribution is 5.79. The SMILES string of the molecule is CC(C)c1nc(CN(C)C[C@H]2CC(=O)N(C(C)(C)C)C2)co1. The van der Waals surface area contributed by atoms with E-state index in [1.807, 2.05) is 4.90 Å². The first kappa shape index (κ1) is 17.0. The molecule has 0 aliphatic carbocycles. The van der Waals surface area contributed by atoms with Crippen LogP contribution in [0.4, 0.5) is 0 Å². The Bertz CT molecular complexity index is 516. The van der Waals surface area contributed by atoms with E-state index < -0.39 is 0 Å². The van der Waals surface area contributed by atoms with Crippen LogP contribution in [0.5, 0.6) is 0 Å². The minimum Gasteiger partial charge on any atom is -0.448 e. The Hall–Kier alpha value is -1.36. The third-order valence-corrected chi connectivity index (χ3v) is 4.08. The fourth-order valence-corrected chi connectivity index (χ4v) is 2.99. The largest absolute Gasteiger partial charge is 0.448 e. The second-order valence-corrected chi connectivity index (χ2v) is 7.77. The van der Waals surface area contributed by atoms with E-state index in [2.05, 4.69) is 51.6 Å². The Morgan fingerprint density at radius 2 is 2.14 bits per heavy atom. The van der Waals surface area contributed by atoms with Crippen LogP contribution in [0.1, 0.15) is 58.5 Å². The molecule has 124 valence electrons. The standard InChI is InChI=1S/C17H29N3O2/c1-12(2)16-18-14(11-22-16)10-19(6)8-13-7-15(21)20(9-13)17(3,4)5/h11-13H,7-10H2,1-6H3/t13-/m1/s1. The van der Waals surface area contributed by atoms with Crippen molar-refractivity contribution in [1.82, 2.24) is 14.8 Å².